The second kappa shape index (κ2) is 9.75. The molecule has 2 aromatic carbocycles. The number of nitrogens with two attached hydrogens (primary N) is 2. The molecular weight excluding hydrogens is 453 g/mol. The SMILES string of the molecule is COc1ccccc1C(=O)NCc1ccc(-c2nn(C3(C)CCCOC3)c(N)c2C(N)=O)c(F)c1. The lowest BCUT2D eigenvalue weighted by atomic mass is 9.95. The van der Waals surface area contributed by atoms with Gasteiger partial charge in [-0.05, 0) is 49.6 Å². The molecule has 0 bridgehead atoms. The molecule has 1 fully saturated rings. The van der Waals surface area contributed by atoms with Crippen LogP contribution in [0.5, 0.6) is 5.75 Å². The third-order valence-electron chi connectivity index (χ3n) is 6.19. The van der Waals surface area contributed by atoms with E-state index >= 15 is 4.39 Å². The average molecular weight is 482 g/mol. The van der Waals surface area contributed by atoms with Gasteiger partial charge in [-0.15, -0.1) is 0 Å². The predicted octanol–water partition coefficient (Wildman–Crippen LogP) is 2.83. The number of hydrogen-bond donors (Lipinski definition) is 3. The first kappa shape index (κ1) is 24.2. The fourth-order valence-corrected chi connectivity index (χ4v) is 4.33. The quantitative estimate of drug-likeness (QED) is 0.475. The van der Waals surface area contributed by atoms with Crippen LogP contribution in [0.15, 0.2) is 42.5 Å². The summed E-state index contributed by atoms with van der Waals surface area (Å²) in [6, 6.07) is 11.2. The van der Waals surface area contributed by atoms with Gasteiger partial charge in [-0.2, -0.15) is 5.10 Å². The number of ether oxygens (including phenoxy) is 2. The Morgan fingerprint density at radius 3 is 2.71 bits per heavy atom. The number of para-hydroxylation sites is 1. The Kier molecular flexibility index (Phi) is 6.74. The molecule has 1 aliphatic rings. The summed E-state index contributed by atoms with van der Waals surface area (Å²) in [6.07, 6.45) is 1.55. The maximum atomic E-state index is 15.2. The number of anilines is 1. The van der Waals surface area contributed by atoms with Crippen molar-refractivity contribution in [1.82, 2.24) is 15.1 Å². The van der Waals surface area contributed by atoms with Crippen LogP contribution < -0.4 is 21.5 Å². The smallest absolute Gasteiger partial charge is 0.255 e. The maximum absolute atomic E-state index is 15.2. The maximum Gasteiger partial charge on any atom is 0.255 e. The van der Waals surface area contributed by atoms with E-state index in [9.17, 15) is 9.59 Å². The highest BCUT2D eigenvalue weighted by Gasteiger charge is 2.35. The van der Waals surface area contributed by atoms with Gasteiger partial charge >= 0.3 is 0 Å². The molecule has 3 aromatic rings. The minimum atomic E-state index is -0.795. The summed E-state index contributed by atoms with van der Waals surface area (Å²) in [5.74, 6) is -1.25. The molecule has 5 N–H and O–H groups in total. The van der Waals surface area contributed by atoms with Crippen molar-refractivity contribution >= 4 is 17.6 Å². The molecule has 35 heavy (non-hydrogen) atoms. The van der Waals surface area contributed by atoms with Crippen LogP contribution in [0, 0.1) is 5.82 Å². The number of nitrogens with one attached hydrogen (secondary N) is 1. The molecule has 0 saturated carbocycles. The molecule has 0 radical (unpaired) electrons. The average Bonchev–Trinajstić information content (AvgIpc) is 3.20. The van der Waals surface area contributed by atoms with E-state index in [1.807, 2.05) is 6.92 Å². The number of carbonyl (C=O) groups is 2. The van der Waals surface area contributed by atoms with E-state index in [0.717, 1.165) is 12.8 Å². The number of amides is 2. The highest BCUT2D eigenvalue weighted by atomic mass is 19.1. The molecule has 184 valence electrons. The number of primary amides is 1. The number of rotatable bonds is 7. The first-order valence-electron chi connectivity index (χ1n) is 11.2. The summed E-state index contributed by atoms with van der Waals surface area (Å²) in [5, 5.41) is 7.26. The summed E-state index contributed by atoms with van der Waals surface area (Å²) in [6.45, 7) is 3.01. The minimum absolute atomic E-state index is 0.0343. The van der Waals surface area contributed by atoms with Crippen LogP contribution in [0.2, 0.25) is 0 Å². The van der Waals surface area contributed by atoms with E-state index in [1.54, 1.807) is 30.3 Å². The lowest BCUT2D eigenvalue weighted by Crippen LogP contribution is -2.40. The molecule has 1 aromatic heterocycles. The van der Waals surface area contributed by atoms with E-state index in [2.05, 4.69) is 10.4 Å². The summed E-state index contributed by atoms with van der Waals surface area (Å²) in [5.41, 5.74) is 12.3. The minimum Gasteiger partial charge on any atom is -0.496 e. The highest BCUT2D eigenvalue weighted by molar-refractivity contribution is 6.03. The van der Waals surface area contributed by atoms with Gasteiger partial charge in [0.25, 0.3) is 11.8 Å². The number of methoxy groups -OCH3 is 1. The summed E-state index contributed by atoms with van der Waals surface area (Å²) >= 11 is 0. The molecule has 0 spiro atoms. The summed E-state index contributed by atoms with van der Waals surface area (Å²) in [4.78, 5) is 24.8. The van der Waals surface area contributed by atoms with Crippen molar-refractivity contribution in [2.75, 3.05) is 26.1 Å². The monoisotopic (exact) mass is 481 g/mol. The zero-order chi connectivity index (χ0) is 25.2. The van der Waals surface area contributed by atoms with Crippen LogP contribution in [-0.2, 0) is 16.8 Å². The van der Waals surface area contributed by atoms with Gasteiger partial charge in [-0.3, -0.25) is 9.59 Å². The van der Waals surface area contributed by atoms with E-state index in [4.69, 9.17) is 20.9 Å². The number of halogens is 1. The number of nitrogen functional groups attached to an aromatic ring is 1. The molecule has 2 amide bonds. The largest absolute Gasteiger partial charge is 0.496 e. The number of benzene rings is 2. The van der Waals surface area contributed by atoms with Crippen LogP contribution in [0.4, 0.5) is 10.2 Å². The van der Waals surface area contributed by atoms with Crippen molar-refractivity contribution in [2.24, 2.45) is 5.73 Å². The van der Waals surface area contributed by atoms with Crippen molar-refractivity contribution < 1.29 is 23.5 Å². The lowest BCUT2D eigenvalue weighted by molar-refractivity contribution is 0.00476. The zero-order valence-electron chi connectivity index (χ0n) is 19.6. The standard InChI is InChI=1S/C25H28FN5O4/c1-25(10-5-11-35-14-25)31-22(27)20(23(28)32)21(30-31)16-9-8-15(12-18(16)26)13-29-24(33)17-6-3-4-7-19(17)34-2/h3-4,6-9,12H,5,10-11,13-14,27H2,1-2H3,(H2,28,32)(H,29,33). The van der Waals surface area contributed by atoms with Crippen LogP contribution >= 0.6 is 0 Å². The Morgan fingerprint density at radius 1 is 1.29 bits per heavy atom. The Labute approximate surface area is 202 Å². The van der Waals surface area contributed by atoms with Crippen LogP contribution in [-0.4, -0.2) is 41.9 Å². The van der Waals surface area contributed by atoms with Gasteiger partial charge in [-0.25, -0.2) is 9.07 Å². The summed E-state index contributed by atoms with van der Waals surface area (Å²) < 4.78 is 27.5. The first-order chi connectivity index (χ1) is 16.7. The van der Waals surface area contributed by atoms with Gasteiger partial charge in [0.1, 0.15) is 28.6 Å². The highest BCUT2D eigenvalue weighted by Crippen LogP contribution is 2.35. The fraction of sp³-hybridized carbons (Fsp3) is 0.320. The molecule has 1 aliphatic heterocycles. The first-order valence-corrected chi connectivity index (χ1v) is 11.2. The van der Waals surface area contributed by atoms with Gasteiger partial charge < -0.3 is 26.3 Å². The van der Waals surface area contributed by atoms with Gasteiger partial charge in [0.15, 0.2) is 0 Å². The molecular formula is C25H28FN5O4. The van der Waals surface area contributed by atoms with Crippen molar-refractivity contribution in [2.45, 2.75) is 31.8 Å². The molecule has 1 atom stereocenters. The van der Waals surface area contributed by atoms with Gasteiger partial charge in [0.05, 0.1) is 24.8 Å². The Bertz CT molecular complexity index is 1270. The van der Waals surface area contributed by atoms with Crippen molar-refractivity contribution in [3.05, 3.63) is 65.0 Å². The topological polar surface area (TPSA) is 134 Å². The second-order valence-electron chi connectivity index (χ2n) is 8.74. The van der Waals surface area contributed by atoms with Crippen molar-refractivity contribution in [3.8, 4) is 17.0 Å². The molecule has 2 heterocycles. The molecule has 1 unspecified atom stereocenters. The third kappa shape index (κ3) is 4.69. The van der Waals surface area contributed by atoms with Crippen molar-refractivity contribution in [3.63, 3.8) is 0 Å². The second-order valence-corrected chi connectivity index (χ2v) is 8.74. The Balaban J connectivity index is 1.60. The Morgan fingerprint density at radius 2 is 2.06 bits per heavy atom. The van der Waals surface area contributed by atoms with E-state index < -0.39 is 17.3 Å². The molecule has 0 aliphatic carbocycles. The van der Waals surface area contributed by atoms with Crippen molar-refractivity contribution in [1.29, 1.82) is 0 Å². The van der Waals surface area contributed by atoms with E-state index in [0.29, 0.717) is 30.1 Å². The molecule has 9 nitrogen and oxygen atoms in total. The number of hydrogen-bond acceptors (Lipinski definition) is 6. The van der Waals surface area contributed by atoms with E-state index in [-0.39, 0.29) is 35.1 Å². The lowest BCUT2D eigenvalue weighted by Gasteiger charge is -2.34. The van der Waals surface area contributed by atoms with Gasteiger partial charge in [0.2, 0.25) is 0 Å². The van der Waals surface area contributed by atoms with Gasteiger partial charge in [0, 0.05) is 18.7 Å². The zero-order valence-corrected chi connectivity index (χ0v) is 19.6. The van der Waals surface area contributed by atoms with Crippen LogP contribution in [0.25, 0.3) is 11.3 Å². The molecule has 1 saturated heterocycles. The van der Waals surface area contributed by atoms with E-state index in [1.165, 1.54) is 23.9 Å². The fourth-order valence-electron chi connectivity index (χ4n) is 4.33. The number of nitrogens with zero attached hydrogens (tertiary/aromatic N) is 2. The van der Waals surface area contributed by atoms with Gasteiger partial charge in [-0.1, -0.05) is 18.2 Å². The number of aromatic nitrogens is 2. The normalized spacial score (nSPS) is 17.7. The summed E-state index contributed by atoms with van der Waals surface area (Å²) in [7, 11) is 1.48. The van der Waals surface area contributed by atoms with Crippen LogP contribution in [0.3, 0.4) is 0 Å². The third-order valence-corrected chi connectivity index (χ3v) is 6.19. The predicted molar refractivity (Wildman–Crippen MR) is 128 cm³/mol. The number of carbonyl (C=O) groups excluding carboxylic acids is 2. The molecule has 4 rings (SSSR count). The molecule has 10 heteroatoms. The van der Waals surface area contributed by atoms with Crippen LogP contribution in [0.1, 0.15) is 46.0 Å². The Hall–Kier alpha value is -3.92.